The number of aromatic amines is 1. The highest BCUT2D eigenvalue weighted by Gasteiger charge is 2.46. The summed E-state index contributed by atoms with van der Waals surface area (Å²) in [5, 5.41) is 11.9. The Morgan fingerprint density at radius 2 is 1.79 bits per heavy atom. The average Bonchev–Trinajstić information content (AvgIpc) is 3.26. The van der Waals surface area contributed by atoms with E-state index in [4.69, 9.17) is 0 Å². The summed E-state index contributed by atoms with van der Waals surface area (Å²) in [6.45, 7) is 2.51. The fourth-order valence-electron chi connectivity index (χ4n) is 3.83. The topological polar surface area (TPSA) is 73.4 Å². The van der Waals surface area contributed by atoms with Crippen molar-refractivity contribution in [2.24, 2.45) is 0 Å². The van der Waals surface area contributed by atoms with Gasteiger partial charge in [0.2, 0.25) is 0 Å². The molecule has 1 fully saturated rings. The van der Waals surface area contributed by atoms with E-state index in [2.05, 4.69) is 4.98 Å². The molecule has 0 spiro atoms. The molecule has 142 valence electrons. The van der Waals surface area contributed by atoms with Gasteiger partial charge in [0.25, 0.3) is 11.7 Å². The second-order valence-corrected chi connectivity index (χ2v) is 7.00. The number of carbonyl (C=O) groups is 2. The minimum atomic E-state index is -0.632. The van der Waals surface area contributed by atoms with Crippen molar-refractivity contribution in [3.05, 3.63) is 77.5 Å². The molecule has 4 rings (SSSR count). The van der Waals surface area contributed by atoms with Crippen LogP contribution in [0.4, 0.5) is 0 Å². The lowest BCUT2D eigenvalue weighted by Gasteiger charge is -2.24. The van der Waals surface area contributed by atoms with Gasteiger partial charge in [-0.25, -0.2) is 0 Å². The highest BCUT2D eigenvalue weighted by molar-refractivity contribution is 6.46. The minimum absolute atomic E-state index is 0.131. The number of amides is 1. The van der Waals surface area contributed by atoms with E-state index in [1.807, 2.05) is 43.5 Å². The molecule has 1 aromatic heterocycles. The maximum absolute atomic E-state index is 12.9. The summed E-state index contributed by atoms with van der Waals surface area (Å²) < 4.78 is 0. The number of Topliss-reactive ketones (excluding diaryl/α,β-unsaturated/α-hetero) is 1. The Morgan fingerprint density at radius 1 is 1.07 bits per heavy atom. The van der Waals surface area contributed by atoms with Crippen molar-refractivity contribution < 1.29 is 14.7 Å². The van der Waals surface area contributed by atoms with Gasteiger partial charge in [-0.15, -0.1) is 0 Å². The molecule has 2 aromatic carbocycles. The second-order valence-electron chi connectivity index (χ2n) is 7.00. The van der Waals surface area contributed by atoms with Crippen molar-refractivity contribution in [3.8, 4) is 0 Å². The fraction of sp³-hybridized carbons (Fsp3) is 0.217. The van der Waals surface area contributed by atoms with Gasteiger partial charge in [0.15, 0.2) is 0 Å². The van der Waals surface area contributed by atoms with Crippen LogP contribution in [0.3, 0.4) is 0 Å². The standard InChI is InChI=1S/C23H22N2O3/c1-2-3-13-25-20(17-14-24-18-12-8-7-11-16(17)18)19(22(27)23(25)28)21(26)15-9-5-4-6-10-15/h4-12,14,20,24,26H,2-3,13H2,1H3/b21-19+. The number of unbranched alkanes of at least 4 members (excludes halogenated alkanes) is 1. The molecule has 0 aliphatic carbocycles. The summed E-state index contributed by atoms with van der Waals surface area (Å²) in [6, 6.07) is 16.1. The quantitative estimate of drug-likeness (QED) is 0.395. The highest BCUT2D eigenvalue weighted by Crippen LogP contribution is 2.41. The van der Waals surface area contributed by atoms with Crippen LogP contribution in [-0.2, 0) is 9.59 Å². The number of hydrogen-bond donors (Lipinski definition) is 2. The predicted molar refractivity (Wildman–Crippen MR) is 109 cm³/mol. The smallest absolute Gasteiger partial charge is 0.295 e. The molecular weight excluding hydrogens is 352 g/mol. The molecule has 0 radical (unpaired) electrons. The Labute approximate surface area is 163 Å². The molecule has 0 bridgehead atoms. The van der Waals surface area contributed by atoms with E-state index in [0.717, 1.165) is 29.3 Å². The van der Waals surface area contributed by atoms with E-state index in [0.29, 0.717) is 12.1 Å². The Bertz CT molecular complexity index is 1070. The van der Waals surface area contributed by atoms with Crippen molar-refractivity contribution in [2.45, 2.75) is 25.8 Å². The van der Waals surface area contributed by atoms with Gasteiger partial charge in [-0.2, -0.15) is 0 Å². The van der Waals surface area contributed by atoms with Crippen molar-refractivity contribution in [1.29, 1.82) is 0 Å². The first-order valence-corrected chi connectivity index (χ1v) is 9.53. The first-order chi connectivity index (χ1) is 13.6. The average molecular weight is 374 g/mol. The summed E-state index contributed by atoms with van der Waals surface area (Å²) in [5.41, 5.74) is 2.43. The molecule has 5 nitrogen and oxygen atoms in total. The monoisotopic (exact) mass is 374 g/mol. The number of carbonyl (C=O) groups excluding carboxylic acids is 2. The normalized spacial score (nSPS) is 18.9. The van der Waals surface area contributed by atoms with Crippen LogP contribution in [0, 0.1) is 0 Å². The third-order valence-corrected chi connectivity index (χ3v) is 5.26. The molecule has 1 aliphatic rings. The predicted octanol–water partition coefficient (Wildman–Crippen LogP) is 4.39. The van der Waals surface area contributed by atoms with Crippen LogP contribution in [-0.4, -0.2) is 33.2 Å². The van der Waals surface area contributed by atoms with Crippen LogP contribution in [0.2, 0.25) is 0 Å². The first-order valence-electron chi connectivity index (χ1n) is 9.53. The Balaban J connectivity index is 1.92. The van der Waals surface area contributed by atoms with Crippen LogP contribution >= 0.6 is 0 Å². The molecule has 5 heteroatoms. The Hall–Kier alpha value is -3.34. The molecule has 1 amide bonds. The van der Waals surface area contributed by atoms with Crippen LogP contribution in [0.15, 0.2) is 66.4 Å². The van der Waals surface area contributed by atoms with Gasteiger partial charge < -0.3 is 15.0 Å². The molecule has 1 unspecified atom stereocenters. The third-order valence-electron chi connectivity index (χ3n) is 5.26. The number of likely N-dealkylation sites (tertiary alicyclic amines) is 1. The first kappa shape index (κ1) is 18.0. The number of aliphatic hydroxyl groups excluding tert-OH is 1. The number of H-pyrrole nitrogens is 1. The van der Waals surface area contributed by atoms with Crippen LogP contribution in [0.5, 0.6) is 0 Å². The van der Waals surface area contributed by atoms with Crippen LogP contribution in [0.25, 0.3) is 16.7 Å². The molecule has 2 N–H and O–H groups in total. The molecule has 3 aromatic rings. The van der Waals surface area contributed by atoms with Gasteiger partial charge in [0.1, 0.15) is 5.76 Å². The van der Waals surface area contributed by atoms with E-state index in [1.165, 1.54) is 0 Å². The van der Waals surface area contributed by atoms with Gasteiger partial charge in [0, 0.05) is 34.8 Å². The number of rotatable bonds is 5. The summed E-state index contributed by atoms with van der Waals surface area (Å²) >= 11 is 0. The van der Waals surface area contributed by atoms with Crippen molar-refractivity contribution >= 4 is 28.4 Å². The summed E-state index contributed by atoms with van der Waals surface area (Å²) in [4.78, 5) is 30.5. The zero-order valence-corrected chi connectivity index (χ0v) is 15.7. The zero-order chi connectivity index (χ0) is 19.7. The number of para-hydroxylation sites is 1. The number of fused-ring (bicyclic) bond motifs is 1. The number of benzene rings is 2. The Morgan fingerprint density at radius 3 is 2.54 bits per heavy atom. The summed E-state index contributed by atoms with van der Waals surface area (Å²) in [7, 11) is 0. The summed E-state index contributed by atoms with van der Waals surface area (Å²) in [5.74, 6) is -1.32. The van der Waals surface area contributed by atoms with E-state index in [1.54, 1.807) is 29.2 Å². The molecule has 28 heavy (non-hydrogen) atoms. The number of aromatic nitrogens is 1. The van der Waals surface area contributed by atoms with Crippen molar-refractivity contribution in [3.63, 3.8) is 0 Å². The second kappa shape index (κ2) is 7.35. The van der Waals surface area contributed by atoms with Gasteiger partial charge in [-0.3, -0.25) is 9.59 Å². The van der Waals surface area contributed by atoms with Crippen LogP contribution in [0.1, 0.15) is 36.9 Å². The maximum atomic E-state index is 12.9. The fourth-order valence-corrected chi connectivity index (χ4v) is 3.83. The number of nitrogens with one attached hydrogen (secondary N) is 1. The maximum Gasteiger partial charge on any atom is 0.295 e. The zero-order valence-electron chi connectivity index (χ0n) is 15.7. The van der Waals surface area contributed by atoms with Crippen molar-refractivity contribution in [1.82, 2.24) is 9.88 Å². The lowest BCUT2D eigenvalue weighted by Crippen LogP contribution is -2.30. The number of aliphatic hydroxyl groups is 1. The number of hydrogen-bond acceptors (Lipinski definition) is 3. The third kappa shape index (κ3) is 2.89. The molecule has 1 atom stereocenters. The SMILES string of the molecule is CCCCN1C(=O)C(=O)/C(=C(/O)c2ccccc2)C1c1c[nH]c2ccccc12. The molecule has 0 saturated carbocycles. The molecule has 1 saturated heterocycles. The van der Waals surface area contributed by atoms with Gasteiger partial charge in [-0.05, 0) is 12.5 Å². The lowest BCUT2D eigenvalue weighted by atomic mass is 9.95. The van der Waals surface area contributed by atoms with E-state index in [-0.39, 0.29) is 11.3 Å². The lowest BCUT2D eigenvalue weighted by molar-refractivity contribution is -0.139. The number of nitrogens with zero attached hydrogens (tertiary/aromatic N) is 1. The van der Waals surface area contributed by atoms with Crippen LogP contribution < -0.4 is 0 Å². The molecule has 1 aliphatic heterocycles. The highest BCUT2D eigenvalue weighted by atomic mass is 16.3. The molecule has 2 heterocycles. The Kier molecular flexibility index (Phi) is 4.74. The van der Waals surface area contributed by atoms with Crippen molar-refractivity contribution in [2.75, 3.05) is 6.54 Å². The van der Waals surface area contributed by atoms with Gasteiger partial charge in [-0.1, -0.05) is 61.9 Å². The molecular formula is C23H22N2O3. The van der Waals surface area contributed by atoms with Gasteiger partial charge in [0.05, 0.1) is 11.6 Å². The van der Waals surface area contributed by atoms with E-state index < -0.39 is 17.7 Å². The van der Waals surface area contributed by atoms with E-state index >= 15 is 0 Å². The largest absolute Gasteiger partial charge is 0.507 e. The summed E-state index contributed by atoms with van der Waals surface area (Å²) in [6.07, 6.45) is 3.53. The number of ketones is 1. The van der Waals surface area contributed by atoms with Gasteiger partial charge >= 0.3 is 0 Å². The minimum Gasteiger partial charge on any atom is -0.507 e. The van der Waals surface area contributed by atoms with E-state index in [9.17, 15) is 14.7 Å².